The Kier molecular flexibility index (Phi) is 10.1. The monoisotopic (exact) mass is 255 g/mol. The molecule has 0 bridgehead atoms. The van der Waals surface area contributed by atoms with Gasteiger partial charge in [0, 0.05) is 0 Å². The number of aliphatic hydroxyl groups excluding tert-OH is 5. The molecule has 4 atom stereocenters. The molecule has 0 saturated heterocycles. The number of carboxylic acid groups (broad SMARTS) is 1. The van der Waals surface area contributed by atoms with Gasteiger partial charge in [0.25, 0.3) is 0 Å². The number of hydrogen-bond acceptors (Lipinski definition) is 7. The number of carbonyl (C=O) groups excluding carboxylic acids is 1. The summed E-state index contributed by atoms with van der Waals surface area (Å²) in [6.45, 7) is -0.863. The van der Waals surface area contributed by atoms with Gasteiger partial charge in [-0.1, -0.05) is 0 Å². The Morgan fingerprint density at radius 1 is 1.12 bits per heavy atom. The highest BCUT2D eigenvalue weighted by Crippen LogP contribution is 2.04. The first-order chi connectivity index (χ1) is 7.64. The standard InChI is InChI=1S/C6H12O7.C3H9N/c7-1-2(8)3(9)4(10)5(11)6(12)13;1-4(2)3/h2-5,7-11H,1H2,(H,12,13);1-3H3/t2-,3-,4+,5-;/m1./s1. The predicted molar refractivity (Wildman–Crippen MR) is 54.9 cm³/mol. The smallest absolute Gasteiger partial charge is 0.122 e. The number of hydrogen-bond donors (Lipinski definition) is 6. The number of aliphatic carboxylic acids is 1. The van der Waals surface area contributed by atoms with Crippen molar-refractivity contribution in [3.05, 3.63) is 0 Å². The zero-order valence-corrected chi connectivity index (χ0v) is 10.1. The molecule has 0 saturated carbocycles. The minimum absolute atomic E-state index is 0.863. The Hall–Kier alpha value is -0.770. The van der Waals surface area contributed by atoms with Crippen molar-refractivity contribution in [2.75, 3.05) is 27.7 Å². The maximum atomic E-state index is 9.98. The van der Waals surface area contributed by atoms with Crippen LogP contribution in [-0.2, 0) is 4.79 Å². The maximum Gasteiger partial charge on any atom is 0.122 e. The summed E-state index contributed by atoms with van der Waals surface area (Å²) in [4.78, 5) is 11.4. The first-order valence-electron chi connectivity index (χ1n) is 4.95. The van der Waals surface area contributed by atoms with Crippen LogP contribution in [0.4, 0.5) is 0 Å². The zero-order chi connectivity index (χ0) is 14.2. The van der Waals surface area contributed by atoms with Crippen LogP contribution >= 0.6 is 0 Å². The van der Waals surface area contributed by atoms with E-state index in [0.717, 1.165) is 0 Å². The molecular weight excluding hydrogens is 234 g/mol. The summed E-state index contributed by atoms with van der Waals surface area (Å²) >= 11 is 0. The summed E-state index contributed by atoms with van der Waals surface area (Å²) in [5.74, 6) is -1.98. The van der Waals surface area contributed by atoms with Crippen LogP contribution in [0.1, 0.15) is 0 Å². The SMILES string of the molecule is C[NH+](C)C.O=C([O-])[C@H](O)[C@@H](O)[C@H](O)[C@H](O)CO. The van der Waals surface area contributed by atoms with Crippen LogP contribution in [0.2, 0.25) is 0 Å². The fourth-order valence-corrected chi connectivity index (χ4v) is 0.662. The third kappa shape index (κ3) is 8.98. The Morgan fingerprint density at radius 3 is 1.71 bits per heavy atom. The van der Waals surface area contributed by atoms with Crippen molar-refractivity contribution in [3.63, 3.8) is 0 Å². The lowest BCUT2D eigenvalue weighted by Crippen LogP contribution is -3.02. The van der Waals surface area contributed by atoms with Crippen molar-refractivity contribution in [2.45, 2.75) is 24.4 Å². The van der Waals surface area contributed by atoms with E-state index in [1.165, 1.54) is 4.90 Å². The molecule has 0 heterocycles. The minimum atomic E-state index is -2.31. The Bertz CT molecular complexity index is 209. The molecule has 0 spiro atoms. The number of carbonyl (C=O) groups is 1. The van der Waals surface area contributed by atoms with Crippen LogP contribution in [0.25, 0.3) is 0 Å². The molecule has 0 aromatic heterocycles. The van der Waals surface area contributed by atoms with Crippen molar-refractivity contribution < 1.29 is 40.3 Å². The minimum Gasteiger partial charge on any atom is -0.547 e. The van der Waals surface area contributed by atoms with Crippen molar-refractivity contribution >= 4 is 5.97 Å². The van der Waals surface area contributed by atoms with Gasteiger partial charge in [-0.25, -0.2) is 0 Å². The van der Waals surface area contributed by atoms with Gasteiger partial charge in [-0.15, -0.1) is 0 Å². The van der Waals surface area contributed by atoms with Gasteiger partial charge in [-0.05, 0) is 0 Å². The van der Waals surface area contributed by atoms with Gasteiger partial charge in [0.05, 0.1) is 33.7 Å². The van der Waals surface area contributed by atoms with Crippen LogP contribution < -0.4 is 10.0 Å². The van der Waals surface area contributed by atoms with Crippen molar-refractivity contribution in [2.24, 2.45) is 0 Å². The predicted octanol–water partition coefficient (Wildman–Crippen LogP) is -6.07. The molecule has 0 radical (unpaired) electrons. The largest absolute Gasteiger partial charge is 0.547 e. The van der Waals surface area contributed by atoms with Crippen molar-refractivity contribution in [1.82, 2.24) is 0 Å². The highest BCUT2D eigenvalue weighted by Gasteiger charge is 2.30. The van der Waals surface area contributed by atoms with E-state index in [2.05, 4.69) is 21.1 Å². The van der Waals surface area contributed by atoms with Crippen LogP contribution in [0, 0.1) is 0 Å². The molecule has 8 heteroatoms. The molecule has 0 amide bonds. The lowest BCUT2D eigenvalue weighted by molar-refractivity contribution is -0.836. The van der Waals surface area contributed by atoms with E-state index in [9.17, 15) is 9.90 Å². The van der Waals surface area contributed by atoms with E-state index in [1.807, 2.05) is 0 Å². The summed E-state index contributed by atoms with van der Waals surface area (Å²) in [6.07, 6.45) is -8.08. The molecule has 0 aliphatic carbocycles. The number of carboxylic acids is 1. The van der Waals surface area contributed by atoms with E-state index in [-0.39, 0.29) is 0 Å². The lowest BCUT2D eigenvalue weighted by Gasteiger charge is -2.25. The van der Waals surface area contributed by atoms with Gasteiger partial charge in [0.15, 0.2) is 0 Å². The summed E-state index contributed by atoms with van der Waals surface area (Å²) in [5.41, 5.74) is 0. The van der Waals surface area contributed by atoms with Crippen LogP contribution in [0.5, 0.6) is 0 Å². The molecule has 0 aromatic carbocycles. The second-order valence-electron chi connectivity index (χ2n) is 3.99. The van der Waals surface area contributed by atoms with Gasteiger partial charge >= 0.3 is 0 Å². The Labute approximate surface area is 99.4 Å². The molecule has 0 rings (SSSR count). The topological polar surface area (TPSA) is 146 Å². The zero-order valence-electron chi connectivity index (χ0n) is 10.1. The highest BCUT2D eigenvalue weighted by atomic mass is 16.4. The molecule has 0 unspecified atom stereocenters. The highest BCUT2D eigenvalue weighted by molar-refractivity contribution is 5.70. The quantitative estimate of drug-likeness (QED) is 0.286. The average Bonchev–Trinajstić information content (AvgIpc) is 2.23. The van der Waals surface area contributed by atoms with E-state index < -0.39 is 37.0 Å². The van der Waals surface area contributed by atoms with Crippen LogP contribution in [0.15, 0.2) is 0 Å². The molecule has 0 aliphatic heterocycles. The molecule has 0 aliphatic rings. The molecule has 6 N–H and O–H groups in total. The van der Waals surface area contributed by atoms with Gasteiger partial charge in [-0.2, -0.15) is 0 Å². The fourth-order valence-electron chi connectivity index (χ4n) is 0.662. The summed E-state index contributed by atoms with van der Waals surface area (Å²) in [5, 5.41) is 53.4. The molecule has 0 fully saturated rings. The molecular formula is C9H21NO7. The van der Waals surface area contributed by atoms with Crippen LogP contribution in [-0.4, -0.2) is 83.7 Å². The van der Waals surface area contributed by atoms with Crippen LogP contribution in [0.3, 0.4) is 0 Å². The third-order valence-electron chi connectivity index (χ3n) is 1.50. The molecule has 17 heavy (non-hydrogen) atoms. The first-order valence-corrected chi connectivity index (χ1v) is 4.95. The van der Waals surface area contributed by atoms with E-state index in [0.29, 0.717) is 0 Å². The molecule has 0 aromatic rings. The lowest BCUT2D eigenvalue weighted by atomic mass is 10.0. The maximum absolute atomic E-state index is 9.98. The molecule has 104 valence electrons. The Morgan fingerprint density at radius 2 is 1.47 bits per heavy atom. The fraction of sp³-hybridized carbons (Fsp3) is 0.889. The average molecular weight is 255 g/mol. The van der Waals surface area contributed by atoms with Gasteiger partial charge in [-0.3, -0.25) is 0 Å². The normalized spacial score (nSPS) is 17.7. The second-order valence-corrected chi connectivity index (χ2v) is 3.99. The number of aliphatic hydroxyl groups is 5. The van der Waals surface area contributed by atoms with Gasteiger partial charge in [0.1, 0.15) is 24.4 Å². The number of nitrogens with one attached hydrogen (secondary N) is 1. The van der Waals surface area contributed by atoms with Crippen molar-refractivity contribution in [3.8, 4) is 0 Å². The number of quaternary nitrogens is 1. The third-order valence-corrected chi connectivity index (χ3v) is 1.50. The van der Waals surface area contributed by atoms with E-state index >= 15 is 0 Å². The van der Waals surface area contributed by atoms with Crippen molar-refractivity contribution in [1.29, 1.82) is 0 Å². The second kappa shape index (κ2) is 9.28. The van der Waals surface area contributed by atoms with Gasteiger partial charge < -0.3 is 40.3 Å². The number of rotatable bonds is 5. The molecule has 8 nitrogen and oxygen atoms in total. The summed E-state index contributed by atoms with van der Waals surface area (Å²) < 4.78 is 0. The van der Waals surface area contributed by atoms with E-state index in [1.54, 1.807) is 0 Å². The summed E-state index contributed by atoms with van der Waals surface area (Å²) in [6, 6.07) is 0. The summed E-state index contributed by atoms with van der Waals surface area (Å²) in [7, 11) is 6.25. The van der Waals surface area contributed by atoms with E-state index in [4.69, 9.17) is 25.5 Å². The van der Waals surface area contributed by atoms with Gasteiger partial charge in [0.2, 0.25) is 0 Å². The first kappa shape index (κ1) is 18.6. The Balaban J connectivity index is 0.